The molecule has 1 aromatic heterocycles. The lowest BCUT2D eigenvalue weighted by Gasteiger charge is -2.11. The highest BCUT2D eigenvalue weighted by atomic mass is 32.2. The maximum atomic E-state index is 13.2. The molecule has 1 aliphatic rings. The fraction of sp³-hybridized carbons (Fsp3) is 0.192. The Kier molecular flexibility index (Phi) is 5.32. The molecule has 3 aromatic carbocycles. The van der Waals surface area contributed by atoms with E-state index in [0.717, 1.165) is 33.6 Å². The zero-order valence-corrected chi connectivity index (χ0v) is 19.6. The average Bonchev–Trinajstić information content (AvgIpc) is 3.53. The van der Waals surface area contributed by atoms with E-state index in [9.17, 15) is 18.0 Å². The van der Waals surface area contributed by atoms with Crippen LogP contribution in [-0.2, 0) is 10.0 Å². The first-order valence-corrected chi connectivity index (χ1v) is 12.4. The maximum absolute atomic E-state index is 13.2. The Balaban J connectivity index is 1.51. The number of carbonyl (C=O) groups excluding carboxylic acids is 2. The van der Waals surface area contributed by atoms with Crippen LogP contribution in [0.3, 0.4) is 0 Å². The molecular formula is C26H23N3O4S. The van der Waals surface area contributed by atoms with Gasteiger partial charge in [-0.05, 0) is 79.8 Å². The fourth-order valence-electron chi connectivity index (χ4n) is 3.90. The van der Waals surface area contributed by atoms with Crippen molar-refractivity contribution in [2.45, 2.75) is 37.6 Å². The molecule has 0 spiro atoms. The molecule has 34 heavy (non-hydrogen) atoms. The SMILES string of the molecule is CC(=O)c1ccc(S(=O)(=O)n2ncc3cc(-c4cc(C(=O)NC5CC5)ccc4C)ccc32)cc1. The van der Waals surface area contributed by atoms with Crippen LogP contribution in [0.1, 0.15) is 46.0 Å². The Morgan fingerprint density at radius 1 is 0.971 bits per heavy atom. The summed E-state index contributed by atoms with van der Waals surface area (Å²) in [5.74, 6) is -0.218. The number of carbonyl (C=O) groups is 2. The van der Waals surface area contributed by atoms with Crippen LogP contribution in [0.5, 0.6) is 0 Å². The third-order valence-electron chi connectivity index (χ3n) is 6.05. The summed E-state index contributed by atoms with van der Waals surface area (Å²) in [5, 5.41) is 7.81. The zero-order valence-electron chi connectivity index (χ0n) is 18.8. The molecule has 1 saturated carbocycles. The standard InChI is InChI=1S/C26H23N3O4S/c1-16-3-4-20(26(31)28-22-8-9-22)14-24(16)19-7-12-25-21(13-19)15-27-29(25)34(32,33)23-10-5-18(6-11-23)17(2)30/h3-7,10-15,22H,8-9H2,1-2H3,(H,28,31). The molecule has 1 heterocycles. The summed E-state index contributed by atoms with van der Waals surface area (Å²) in [4.78, 5) is 24.1. The molecule has 0 bridgehead atoms. The van der Waals surface area contributed by atoms with Crippen LogP contribution in [0.15, 0.2) is 71.8 Å². The number of aryl methyl sites for hydroxylation is 1. The Hall–Kier alpha value is -3.78. The lowest BCUT2D eigenvalue weighted by molar-refractivity contribution is 0.0950. The minimum atomic E-state index is -3.93. The van der Waals surface area contributed by atoms with E-state index in [1.165, 1.54) is 37.4 Å². The first kappa shape index (κ1) is 22.0. The molecule has 0 aliphatic heterocycles. The van der Waals surface area contributed by atoms with Crippen LogP contribution in [0.2, 0.25) is 0 Å². The number of hydrogen-bond donors (Lipinski definition) is 1. The highest BCUT2D eigenvalue weighted by Crippen LogP contribution is 2.30. The minimum Gasteiger partial charge on any atom is -0.349 e. The van der Waals surface area contributed by atoms with Crippen molar-refractivity contribution in [3.63, 3.8) is 0 Å². The number of hydrogen-bond acceptors (Lipinski definition) is 5. The van der Waals surface area contributed by atoms with Gasteiger partial charge in [-0.2, -0.15) is 17.6 Å². The maximum Gasteiger partial charge on any atom is 0.283 e. The number of fused-ring (bicyclic) bond motifs is 1. The molecule has 0 unspecified atom stereocenters. The van der Waals surface area contributed by atoms with Crippen molar-refractivity contribution in [2.24, 2.45) is 0 Å². The van der Waals surface area contributed by atoms with Crippen LogP contribution in [0, 0.1) is 6.92 Å². The topological polar surface area (TPSA) is 98.1 Å². The Labute approximate surface area is 197 Å². The number of nitrogens with one attached hydrogen (secondary N) is 1. The van der Waals surface area contributed by atoms with Crippen molar-refractivity contribution in [3.8, 4) is 11.1 Å². The van der Waals surface area contributed by atoms with Crippen LogP contribution in [0.4, 0.5) is 0 Å². The highest BCUT2D eigenvalue weighted by Gasteiger charge is 2.24. The van der Waals surface area contributed by atoms with Gasteiger partial charge in [-0.3, -0.25) is 9.59 Å². The zero-order chi connectivity index (χ0) is 24.0. The van der Waals surface area contributed by atoms with E-state index in [1.807, 2.05) is 37.3 Å². The predicted octanol–water partition coefficient (Wildman–Crippen LogP) is 4.34. The molecular weight excluding hydrogens is 450 g/mol. The lowest BCUT2D eigenvalue weighted by atomic mass is 9.97. The summed E-state index contributed by atoms with van der Waals surface area (Å²) in [6.07, 6.45) is 3.56. The minimum absolute atomic E-state index is 0.0526. The van der Waals surface area contributed by atoms with E-state index >= 15 is 0 Å². The smallest absolute Gasteiger partial charge is 0.283 e. The first-order valence-electron chi connectivity index (χ1n) is 11.0. The second-order valence-corrected chi connectivity index (χ2v) is 10.4. The number of ketones is 1. The number of rotatable bonds is 6. The number of nitrogens with zero attached hydrogens (tertiary/aromatic N) is 2. The van der Waals surface area contributed by atoms with Gasteiger partial charge in [0.1, 0.15) is 0 Å². The molecule has 1 fully saturated rings. The van der Waals surface area contributed by atoms with Crippen molar-refractivity contribution >= 4 is 32.6 Å². The fourth-order valence-corrected chi connectivity index (χ4v) is 5.18. The quantitative estimate of drug-likeness (QED) is 0.420. The van der Waals surface area contributed by atoms with Gasteiger partial charge in [-0.25, -0.2) is 0 Å². The van der Waals surface area contributed by atoms with Crippen LogP contribution in [-0.4, -0.2) is 35.3 Å². The predicted molar refractivity (Wildman–Crippen MR) is 129 cm³/mol. The van der Waals surface area contributed by atoms with Crippen molar-refractivity contribution in [3.05, 3.63) is 83.6 Å². The summed E-state index contributed by atoms with van der Waals surface area (Å²) in [6, 6.07) is 17.1. The van der Waals surface area contributed by atoms with Gasteiger partial charge in [-0.15, -0.1) is 0 Å². The summed E-state index contributed by atoms with van der Waals surface area (Å²) < 4.78 is 27.4. The van der Waals surface area contributed by atoms with Crippen molar-refractivity contribution in [1.29, 1.82) is 0 Å². The second kappa shape index (κ2) is 8.22. The first-order chi connectivity index (χ1) is 16.2. The molecule has 1 aliphatic carbocycles. The average molecular weight is 474 g/mol. The van der Waals surface area contributed by atoms with E-state index in [-0.39, 0.29) is 22.6 Å². The van der Waals surface area contributed by atoms with Crippen molar-refractivity contribution < 1.29 is 18.0 Å². The molecule has 1 amide bonds. The van der Waals surface area contributed by atoms with Gasteiger partial charge in [0.15, 0.2) is 5.78 Å². The van der Waals surface area contributed by atoms with Gasteiger partial charge in [0, 0.05) is 22.6 Å². The summed E-state index contributed by atoms with van der Waals surface area (Å²) >= 11 is 0. The van der Waals surface area contributed by atoms with Crippen molar-refractivity contribution in [1.82, 2.24) is 14.5 Å². The molecule has 0 saturated heterocycles. The molecule has 0 radical (unpaired) electrons. The number of benzene rings is 3. The van der Waals surface area contributed by atoms with E-state index in [1.54, 1.807) is 6.07 Å². The van der Waals surface area contributed by atoms with Gasteiger partial charge in [0.2, 0.25) is 0 Å². The third-order valence-corrected chi connectivity index (χ3v) is 7.66. The number of amides is 1. The van der Waals surface area contributed by atoms with Crippen LogP contribution >= 0.6 is 0 Å². The summed E-state index contributed by atoms with van der Waals surface area (Å²) in [6.45, 7) is 3.40. The van der Waals surface area contributed by atoms with Gasteiger partial charge in [-0.1, -0.05) is 24.3 Å². The lowest BCUT2D eigenvalue weighted by Crippen LogP contribution is -2.25. The Morgan fingerprint density at radius 2 is 1.68 bits per heavy atom. The second-order valence-electron chi connectivity index (χ2n) is 8.62. The molecule has 7 nitrogen and oxygen atoms in total. The molecule has 1 N–H and O–H groups in total. The monoisotopic (exact) mass is 473 g/mol. The van der Waals surface area contributed by atoms with Crippen LogP contribution in [0.25, 0.3) is 22.0 Å². The van der Waals surface area contributed by atoms with Gasteiger partial charge in [0.25, 0.3) is 15.9 Å². The largest absolute Gasteiger partial charge is 0.349 e. The summed E-state index contributed by atoms with van der Waals surface area (Å²) in [5.41, 5.74) is 4.26. The normalized spacial score (nSPS) is 13.7. The molecule has 8 heteroatoms. The summed E-state index contributed by atoms with van der Waals surface area (Å²) in [7, 11) is -3.93. The van der Waals surface area contributed by atoms with E-state index in [0.29, 0.717) is 22.0 Å². The third kappa shape index (κ3) is 4.01. The van der Waals surface area contributed by atoms with Crippen LogP contribution < -0.4 is 5.32 Å². The van der Waals surface area contributed by atoms with Gasteiger partial charge >= 0.3 is 0 Å². The van der Waals surface area contributed by atoms with E-state index < -0.39 is 10.0 Å². The van der Waals surface area contributed by atoms with Gasteiger partial charge < -0.3 is 5.32 Å². The van der Waals surface area contributed by atoms with Gasteiger partial charge in [0.05, 0.1) is 16.6 Å². The molecule has 4 aromatic rings. The molecule has 0 atom stereocenters. The number of Topliss-reactive ketones (excluding diaryl/α,β-unsaturated/α-hetero) is 1. The highest BCUT2D eigenvalue weighted by molar-refractivity contribution is 7.90. The van der Waals surface area contributed by atoms with E-state index in [4.69, 9.17) is 0 Å². The number of aromatic nitrogens is 2. The molecule has 5 rings (SSSR count). The molecule has 172 valence electrons. The van der Waals surface area contributed by atoms with E-state index in [2.05, 4.69) is 10.4 Å². The Bertz CT molecular complexity index is 1550. The Morgan fingerprint density at radius 3 is 2.35 bits per heavy atom. The van der Waals surface area contributed by atoms with Crippen molar-refractivity contribution in [2.75, 3.05) is 0 Å².